The number of nitrogens with two attached hydrogens (primary N) is 1. The summed E-state index contributed by atoms with van der Waals surface area (Å²) in [6, 6.07) is 20.0. The second-order valence-corrected chi connectivity index (χ2v) is 11.5. The van der Waals surface area contributed by atoms with Gasteiger partial charge in [0.05, 0.1) is 11.6 Å². The van der Waals surface area contributed by atoms with E-state index in [1.54, 1.807) is 0 Å². The standard InChI is InChI=1S/C32H35F3N4O3/c1-31(2,3)37-28(40)20-38-26(22-13-8-5-9-14-22)17-23(21-11-6-4-7-12-21)18-27(29(38)41)39(30(36)42)25-16-10-15-24(19-25)32(33,34)35/h4-16,19,23,26-27H,17-18,20H2,1-3H3,(H2,36,42)(H,37,40). The smallest absolute Gasteiger partial charge is 0.351 e. The fourth-order valence-electron chi connectivity index (χ4n) is 5.51. The van der Waals surface area contributed by atoms with Gasteiger partial charge in [-0.05, 0) is 68.9 Å². The van der Waals surface area contributed by atoms with Crippen LogP contribution in [-0.2, 0) is 15.8 Å². The second-order valence-electron chi connectivity index (χ2n) is 11.5. The number of alkyl halides is 3. The van der Waals surface area contributed by atoms with Crippen LogP contribution in [0, 0.1) is 0 Å². The molecule has 1 aliphatic heterocycles. The molecule has 3 aromatic carbocycles. The molecule has 0 bridgehead atoms. The molecule has 0 radical (unpaired) electrons. The van der Waals surface area contributed by atoms with E-state index in [4.69, 9.17) is 5.73 Å². The number of nitrogens with one attached hydrogen (secondary N) is 1. The summed E-state index contributed by atoms with van der Waals surface area (Å²) in [5.41, 5.74) is 5.77. The molecular formula is C32H35F3N4O3. The van der Waals surface area contributed by atoms with Crippen LogP contribution in [0.3, 0.4) is 0 Å². The summed E-state index contributed by atoms with van der Waals surface area (Å²) >= 11 is 0. The van der Waals surface area contributed by atoms with E-state index in [1.165, 1.54) is 17.0 Å². The fourth-order valence-corrected chi connectivity index (χ4v) is 5.51. The molecule has 7 nitrogen and oxygen atoms in total. The predicted octanol–water partition coefficient (Wildman–Crippen LogP) is 6.02. The van der Waals surface area contributed by atoms with Gasteiger partial charge in [-0.25, -0.2) is 4.79 Å². The topological polar surface area (TPSA) is 95.7 Å². The van der Waals surface area contributed by atoms with E-state index >= 15 is 0 Å². The molecule has 1 aliphatic rings. The van der Waals surface area contributed by atoms with Crippen molar-refractivity contribution in [1.29, 1.82) is 0 Å². The number of amides is 4. The van der Waals surface area contributed by atoms with Crippen molar-refractivity contribution >= 4 is 23.5 Å². The molecule has 42 heavy (non-hydrogen) atoms. The van der Waals surface area contributed by atoms with Crippen LogP contribution in [-0.4, -0.2) is 40.9 Å². The summed E-state index contributed by atoms with van der Waals surface area (Å²) < 4.78 is 40.9. The van der Waals surface area contributed by atoms with Gasteiger partial charge in [-0.15, -0.1) is 0 Å². The minimum absolute atomic E-state index is 0.0861. The number of carbonyl (C=O) groups is 3. The van der Waals surface area contributed by atoms with Crippen molar-refractivity contribution in [2.24, 2.45) is 5.73 Å². The maximum atomic E-state index is 14.5. The Morgan fingerprint density at radius 3 is 2.05 bits per heavy atom. The van der Waals surface area contributed by atoms with Crippen molar-refractivity contribution in [3.8, 4) is 0 Å². The van der Waals surface area contributed by atoms with Crippen molar-refractivity contribution in [2.45, 2.75) is 63.3 Å². The SMILES string of the molecule is CC(C)(C)NC(=O)CN1C(=O)C(N(C(N)=O)c2cccc(C(F)(F)F)c2)CC(c2ccccc2)CC1c1ccccc1. The van der Waals surface area contributed by atoms with Crippen LogP contribution in [0.1, 0.15) is 62.3 Å². The van der Waals surface area contributed by atoms with Gasteiger partial charge in [0.15, 0.2) is 0 Å². The van der Waals surface area contributed by atoms with Gasteiger partial charge in [-0.2, -0.15) is 13.2 Å². The Bertz CT molecular complexity index is 1410. The van der Waals surface area contributed by atoms with Gasteiger partial charge in [-0.3, -0.25) is 14.5 Å². The predicted molar refractivity (Wildman–Crippen MR) is 155 cm³/mol. The number of rotatable bonds is 6. The molecule has 0 aliphatic carbocycles. The maximum absolute atomic E-state index is 14.5. The van der Waals surface area contributed by atoms with Crippen molar-refractivity contribution in [3.05, 3.63) is 102 Å². The second kappa shape index (κ2) is 12.3. The first kappa shape index (κ1) is 30.6. The third kappa shape index (κ3) is 7.29. The van der Waals surface area contributed by atoms with Crippen LogP contribution < -0.4 is 16.0 Å². The third-order valence-electron chi connectivity index (χ3n) is 7.24. The lowest BCUT2D eigenvalue weighted by molar-refractivity contribution is -0.139. The van der Waals surface area contributed by atoms with Crippen molar-refractivity contribution in [1.82, 2.24) is 10.2 Å². The molecule has 10 heteroatoms. The van der Waals surface area contributed by atoms with Gasteiger partial charge in [0.2, 0.25) is 11.8 Å². The van der Waals surface area contributed by atoms with Gasteiger partial charge >= 0.3 is 12.2 Å². The number of hydrogen-bond acceptors (Lipinski definition) is 3. The van der Waals surface area contributed by atoms with Gasteiger partial charge in [0, 0.05) is 11.2 Å². The lowest BCUT2D eigenvalue weighted by Crippen LogP contribution is -2.55. The van der Waals surface area contributed by atoms with E-state index in [9.17, 15) is 27.6 Å². The molecule has 3 aromatic rings. The summed E-state index contributed by atoms with van der Waals surface area (Å²) in [4.78, 5) is 43.0. The van der Waals surface area contributed by atoms with Crippen LogP contribution in [0.15, 0.2) is 84.9 Å². The van der Waals surface area contributed by atoms with Crippen LogP contribution >= 0.6 is 0 Å². The Morgan fingerprint density at radius 1 is 0.905 bits per heavy atom. The minimum Gasteiger partial charge on any atom is -0.351 e. The molecule has 0 spiro atoms. The van der Waals surface area contributed by atoms with Gasteiger partial charge in [0.1, 0.15) is 12.6 Å². The zero-order chi connectivity index (χ0) is 30.7. The molecule has 0 saturated carbocycles. The Morgan fingerprint density at radius 2 is 1.50 bits per heavy atom. The largest absolute Gasteiger partial charge is 0.416 e. The highest BCUT2D eigenvalue weighted by Crippen LogP contribution is 2.41. The average molecular weight is 581 g/mol. The van der Waals surface area contributed by atoms with Gasteiger partial charge < -0.3 is 16.0 Å². The van der Waals surface area contributed by atoms with E-state index < -0.39 is 47.2 Å². The van der Waals surface area contributed by atoms with Crippen molar-refractivity contribution < 1.29 is 27.6 Å². The first-order valence-electron chi connectivity index (χ1n) is 13.7. The van der Waals surface area contributed by atoms with Crippen molar-refractivity contribution in [2.75, 3.05) is 11.4 Å². The number of benzene rings is 3. The molecule has 4 rings (SSSR count). The molecule has 3 N–H and O–H groups in total. The molecular weight excluding hydrogens is 545 g/mol. The van der Waals surface area contributed by atoms with Crippen LogP contribution in [0.4, 0.5) is 23.7 Å². The normalized spacial score (nSPS) is 19.6. The highest BCUT2D eigenvalue weighted by Gasteiger charge is 2.43. The zero-order valence-corrected chi connectivity index (χ0v) is 23.8. The van der Waals surface area contributed by atoms with Crippen LogP contribution in [0.25, 0.3) is 0 Å². The zero-order valence-electron chi connectivity index (χ0n) is 23.8. The number of hydrogen-bond donors (Lipinski definition) is 2. The average Bonchev–Trinajstić information content (AvgIpc) is 3.05. The molecule has 222 valence electrons. The lowest BCUT2D eigenvalue weighted by Gasteiger charge is -2.35. The number of likely N-dealkylation sites (tertiary alicyclic amines) is 1. The van der Waals surface area contributed by atoms with Gasteiger partial charge in [0.25, 0.3) is 0 Å². The van der Waals surface area contributed by atoms with Gasteiger partial charge in [-0.1, -0.05) is 66.7 Å². The minimum atomic E-state index is -4.67. The third-order valence-corrected chi connectivity index (χ3v) is 7.24. The molecule has 1 fully saturated rings. The summed E-state index contributed by atoms with van der Waals surface area (Å²) in [5.74, 6) is -1.28. The van der Waals surface area contributed by atoms with E-state index in [2.05, 4.69) is 5.32 Å². The number of carbonyl (C=O) groups excluding carboxylic acids is 3. The quantitative estimate of drug-likeness (QED) is 0.373. The fraction of sp³-hybridized carbons (Fsp3) is 0.344. The number of anilines is 1. The number of halogens is 3. The summed E-state index contributed by atoms with van der Waals surface area (Å²) in [6.45, 7) is 5.14. The summed E-state index contributed by atoms with van der Waals surface area (Å²) in [7, 11) is 0. The van der Waals surface area contributed by atoms with E-state index in [0.29, 0.717) is 6.42 Å². The molecule has 4 amide bonds. The van der Waals surface area contributed by atoms with Crippen molar-refractivity contribution in [3.63, 3.8) is 0 Å². The Balaban J connectivity index is 1.87. The number of primary amides is 1. The first-order chi connectivity index (χ1) is 19.7. The molecule has 3 atom stereocenters. The first-order valence-corrected chi connectivity index (χ1v) is 13.7. The Kier molecular flexibility index (Phi) is 8.94. The van der Waals surface area contributed by atoms with Crippen LogP contribution in [0.5, 0.6) is 0 Å². The monoisotopic (exact) mass is 580 g/mol. The lowest BCUT2D eigenvalue weighted by atomic mass is 9.86. The maximum Gasteiger partial charge on any atom is 0.416 e. The molecule has 0 aromatic heterocycles. The van der Waals surface area contributed by atoms with E-state index in [-0.39, 0.29) is 24.6 Å². The highest BCUT2D eigenvalue weighted by atomic mass is 19.4. The number of nitrogens with zero attached hydrogens (tertiary/aromatic N) is 2. The Labute approximate surface area is 243 Å². The summed E-state index contributed by atoms with van der Waals surface area (Å²) in [6.07, 6.45) is -4.17. The van der Waals surface area contributed by atoms with Crippen LogP contribution in [0.2, 0.25) is 0 Å². The Hall–Kier alpha value is -4.34. The summed E-state index contributed by atoms with van der Waals surface area (Å²) in [5, 5.41) is 2.88. The van der Waals surface area contributed by atoms with E-state index in [1.807, 2.05) is 81.4 Å². The molecule has 1 heterocycles. The highest BCUT2D eigenvalue weighted by molar-refractivity contribution is 6.00. The molecule has 3 unspecified atom stereocenters. The number of urea groups is 1. The molecule has 1 saturated heterocycles. The van der Waals surface area contributed by atoms with E-state index in [0.717, 1.165) is 28.2 Å².